The predicted octanol–water partition coefficient (Wildman–Crippen LogP) is 2.89. The van der Waals surface area contributed by atoms with E-state index in [2.05, 4.69) is 15.3 Å². The van der Waals surface area contributed by atoms with Crippen molar-refractivity contribution in [3.63, 3.8) is 0 Å². The highest BCUT2D eigenvalue weighted by molar-refractivity contribution is 5.91. The van der Waals surface area contributed by atoms with Gasteiger partial charge < -0.3 is 4.90 Å². The molecule has 3 rings (SSSR count). The van der Waals surface area contributed by atoms with E-state index in [0.717, 1.165) is 29.8 Å². The van der Waals surface area contributed by atoms with E-state index in [1.165, 1.54) is 28.9 Å². The molecule has 2 heterocycles. The Bertz CT molecular complexity index is 1030. The molecule has 7 nitrogen and oxygen atoms in total. The van der Waals surface area contributed by atoms with Gasteiger partial charge in [-0.15, -0.1) is 0 Å². The zero-order valence-corrected chi connectivity index (χ0v) is 16.6. The number of halogens is 1. The second-order valence-corrected chi connectivity index (χ2v) is 6.90. The van der Waals surface area contributed by atoms with Gasteiger partial charge in [-0.3, -0.25) is 14.7 Å². The fourth-order valence-electron chi connectivity index (χ4n) is 3.00. The zero-order valence-electron chi connectivity index (χ0n) is 16.6. The van der Waals surface area contributed by atoms with Crippen LogP contribution in [0, 0.1) is 5.82 Å². The first-order chi connectivity index (χ1) is 14.0. The summed E-state index contributed by atoms with van der Waals surface area (Å²) in [6.07, 6.45) is 2.22. The van der Waals surface area contributed by atoms with Crippen molar-refractivity contribution in [1.82, 2.24) is 24.9 Å². The van der Waals surface area contributed by atoms with Crippen LogP contribution in [0.2, 0.25) is 0 Å². The largest absolute Gasteiger partial charge is 0.340 e. The average molecular weight is 397 g/mol. The summed E-state index contributed by atoms with van der Waals surface area (Å²) in [4.78, 5) is 25.9. The van der Waals surface area contributed by atoms with Gasteiger partial charge >= 0.3 is 0 Å². The summed E-state index contributed by atoms with van der Waals surface area (Å²) in [6, 6.07) is 11.0. The molecule has 8 heteroatoms. The summed E-state index contributed by atoms with van der Waals surface area (Å²) in [5, 5.41) is 11.4. The fraction of sp³-hybridized carbons (Fsp3) is 0.333. The Balaban J connectivity index is 1.55. The molecule has 1 amide bonds. The molecular formula is C21H24FN5O2. The van der Waals surface area contributed by atoms with E-state index >= 15 is 0 Å². The molecule has 0 bridgehead atoms. The number of rotatable bonds is 8. The van der Waals surface area contributed by atoms with E-state index in [9.17, 15) is 14.0 Å². The van der Waals surface area contributed by atoms with E-state index in [1.807, 2.05) is 13.0 Å². The number of aromatic amines is 1. The summed E-state index contributed by atoms with van der Waals surface area (Å²) in [6.45, 7) is 2.98. The van der Waals surface area contributed by atoms with Crippen molar-refractivity contribution in [1.29, 1.82) is 0 Å². The number of amides is 1. The molecule has 0 unspecified atom stereocenters. The third-order valence-electron chi connectivity index (χ3n) is 4.58. The van der Waals surface area contributed by atoms with Crippen LogP contribution in [0.15, 0.2) is 47.3 Å². The van der Waals surface area contributed by atoms with Gasteiger partial charge in [0, 0.05) is 37.5 Å². The van der Waals surface area contributed by atoms with Gasteiger partial charge in [0.25, 0.3) is 11.5 Å². The molecule has 3 aromatic rings. The smallest absolute Gasteiger partial charge is 0.274 e. The van der Waals surface area contributed by atoms with Crippen molar-refractivity contribution in [3.05, 3.63) is 70.0 Å². The van der Waals surface area contributed by atoms with E-state index < -0.39 is 0 Å². The molecule has 0 aliphatic heterocycles. The molecule has 29 heavy (non-hydrogen) atoms. The number of benzene rings is 1. The van der Waals surface area contributed by atoms with Crippen LogP contribution in [0.25, 0.3) is 11.3 Å². The zero-order chi connectivity index (χ0) is 20.8. The summed E-state index contributed by atoms with van der Waals surface area (Å²) < 4.78 is 14.4. The average Bonchev–Trinajstić information content (AvgIpc) is 3.18. The SMILES string of the molecule is CCCn1nc(C(=O)N(C)CCCc2cc(-c3ccc(F)cc3)n[nH]2)ccc1=O. The Morgan fingerprint density at radius 3 is 2.69 bits per heavy atom. The van der Waals surface area contributed by atoms with Crippen molar-refractivity contribution >= 4 is 5.91 Å². The van der Waals surface area contributed by atoms with Crippen molar-refractivity contribution in [2.75, 3.05) is 13.6 Å². The molecule has 2 aromatic heterocycles. The van der Waals surface area contributed by atoms with Crippen molar-refractivity contribution in [2.24, 2.45) is 0 Å². The van der Waals surface area contributed by atoms with Crippen LogP contribution in [0.4, 0.5) is 4.39 Å². The van der Waals surface area contributed by atoms with Crippen molar-refractivity contribution < 1.29 is 9.18 Å². The predicted molar refractivity (Wildman–Crippen MR) is 108 cm³/mol. The van der Waals surface area contributed by atoms with Gasteiger partial charge in [-0.2, -0.15) is 10.2 Å². The highest BCUT2D eigenvalue weighted by atomic mass is 19.1. The normalized spacial score (nSPS) is 10.9. The van der Waals surface area contributed by atoms with E-state index in [-0.39, 0.29) is 23.0 Å². The number of hydrogen-bond donors (Lipinski definition) is 1. The Labute approximate surface area is 168 Å². The van der Waals surface area contributed by atoms with Crippen LogP contribution in [-0.2, 0) is 13.0 Å². The van der Waals surface area contributed by atoms with Gasteiger partial charge in [-0.25, -0.2) is 9.07 Å². The number of carbonyl (C=O) groups excluding carboxylic acids is 1. The molecule has 0 spiro atoms. The molecular weight excluding hydrogens is 373 g/mol. The highest BCUT2D eigenvalue weighted by Crippen LogP contribution is 2.18. The molecule has 0 fully saturated rings. The summed E-state index contributed by atoms with van der Waals surface area (Å²) in [7, 11) is 1.72. The minimum Gasteiger partial charge on any atom is -0.340 e. The fourth-order valence-corrected chi connectivity index (χ4v) is 3.00. The van der Waals surface area contributed by atoms with Crippen LogP contribution in [-0.4, -0.2) is 44.4 Å². The van der Waals surface area contributed by atoms with Crippen LogP contribution in [0.3, 0.4) is 0 Å². The Morgan fingerprint density at radius 1 is 1.21 bits per heavy atom. The summed E-state index contributed by atoms with van der Waals surface area (Å²) in [5.41, 5.74) is 2.60. The van der Waals surface area contributed by atoms with Gasteiger partial charge in [-0.05, 0) is 55.7 Å². The first kappa shape index (κ1) is 20.4. The van der Waals surface area contributed by atoms with Crippen LogP contribution >= 0.6 is 0 Å². The number of carbonyl (C=O) groups is 1. The standard InChI is InChI=1S/C21H24FN5O2/c1-3-12-27-20(28)11-10-18(25-27)21(29)26(2)13-4-5-17-14-19(24-23-17)15-6-8-16(22)9-7-15/h6-11,14H,3-5,12-13H2,1-2H3,(H,23,24). The molecule has 0 saturated heterocycles. The quantitative estimate of drug-likeness (QED) is 0.633. The Kier molecular flexibility index (Phi) is 6.54. The Morgan fingerprint density at radius 2 is 1.97 bits per heavy atom. The lowest BCUT2D eigenvalue weighted by Gasteiger charge is -2.16. The van der Waals surface area contributed by atoms with E-state index in [1.54, 1.807) is 24.1 Å². The molecule has 0 radical (unpaired) electrons. The van der Waals surface area contributed by atoms with Crippen LogP contribution < -0.4 is 5.56 Å². The number of aromatic nitrogens is 4. The molecule has 152 valence electrons. The van der Waals surface area contributed by atoms with Gasteiger partial charge in [0.1, 0.15) is 11.5 Å². The van der Waals surface area contributed by atoms with Gasteiger partial charge in [0.05, 0.1) is 5.69 Å². The molecule has 0 aliphatic carbocycles. The molecule has 1 N–H and O–H groups in total. The first-order valence-electron chi connectivity index (χ1n) is 9.61. The van der Waals surface area contributed by atoms with E-state index in [4.69, 9.17) is 0 Å². The number of nitrogens with one attached hydrogen (secondary N) is 1. The molecule has 0 atom stereocenters. The van der Waals surface area contributed by atoms with Crippen molar-refractivity contribution in [2.45, 2.75) is 32.7 Å². The first-order valence-corrected chi connectivity index (χ1v) is 9.61. The molecule has 0 saturated carbocycles. The van der Waals surface area contributed by atoms with Crippen LogP contribution in [0.1, 0.15) is 35.9 Å². The van der Waals surface area contributed by atoms with E-state index in [0.29, 0.717) is 19.5 Å². The maximum Gasteiger partial charge on any atom is 0.274 e. The maximum absolute atomic E-state index is 13.0. The van der Waals surface area contributed by atoms with Gasteiger partial charge in [-0.1, -0.05) is 6.92 Å². The number of nitrogens with zero attached hydrogens (tertiary/aromatic N) is 4. The van der Waals surface area contributed by atoms with Crippen molar-refractivity contribution in [3.8, 4) is 11.3 Å². The number of hydrogen-bond acceptors (Lipinski definition) is 4. The van der Waals surface area contributed by atoms with Gasteiger partial charge in [0.2, 0.25) is 0 Å². The minimum atomic E-state index is -0.281. The minimum absolute atomic E-state index is 0.206. The lowest BCUT2D eigenvalue weighted by atomic mass is 10.1. The lowest BCUT2D eigenvalue weighted by molar-refractivity contribution is 0.0784. The van der Waals surface area contributed by atoms with Crippen LogP contribution in [0.5, 0.6) is 0 Å². The topological polar surface area (TPSA) is 83.9 Å². The number of aryl methyl sites for hydroxylation is 2. The molecule has 1 aromatic carbocycles. The molecule has 0 aliphatic rings. The maximum atomic E-state index is 13.0. The highest BCUT2D eigenvalue weighted by Gasteiger charge is 2.14. The third kappa shape index (κ3) is 5.16. The third-order valence-corrected chi connectivity index (χ3v) is 4.58. The van der Waals surface area contributed by atoms with Gasteiger partial charge in [0.15, 0.2) is 0 Å². The second-order valence-electron chi connectivity index (χ2n) is 6.90. The lowest BCUT2D eigenvalue weighted by Crippen LogP contribution is -2.32. The summed E-state index contributed by atoms with van der Waals surface area (Å²) >= 11 is 0. The Hall–Kier alpha value is -3.29. The monoisotopic (exact) mass is 397 g/mol. The number of H-pyrrole nitrogens is 1. The summed E-state index contributed by atoms with van der Waals surface area (Å²) in [5.74, 6) is -0.497. The second kappa shape index (κ2) is 9.27.